The van der Waals surface area contributed by atoms with E-state index in [2.05, 4.69) is 4.90 Å². The van der Waals surface area contributed by atoms with Gasteiger partial charge in [-0.3, -0.25) is 4.79 Å². The Morgan fingerprint density at radius 2 is 2.20 bits per heavy atom. The van der Waals surface area contributed by atoms with E-state index in [4.69, 9.17) is 14.2 Å². The molecule has 1 saturated carbocycles. The van der Waals surface area contributed by atoms with Crippen LogP contribution >= 0.6 is 0 Å². The van der Waals surface area contributed by atoms with Gasteiger partial charge in [0.05, 0.1) is 37.9 Å². The normalized spacial score (nSPS) is 37.1. The molecule has 0 bridgehead atoms. The average Bonchev–Trinajstić information content (AvgIpc) is 3.13. The maximum Gasteiger partial charge on any atom is 0.228 e. The maximum absolute atomic E-state index is 12.6. The minimum atomic E-state index is 0.0692. The monoisotopic (exact) mass is 283 g/mol. The van der Waals surface area contributed by atoms with E-state index < -0.39 is 0 Å². The molecule has 0 aromatic heterocycles. The Balaban J connectivity index is 1.63. The number of nitrogens with zero attached hydrogens (tertiary/aromatic N) is 1. The van der Waals surface area contributed by atoms with Crippen molar-refractivity contribution in [3.8, 4) is 0 Å². The highest BCUT2D eigenvalue weighted by Gasteiger charge is 2.45. The summed E-state index contributed by atoms with van der Waals surface area (Å²) in [6.07, 6.45) is 3.18. The molecule has 5 nitrogen and oxygen atoms in total. The molecule has 3 fully saturated rings. The van der Waals surface area contributed by atoms with E-state index in [0.29, 0.717) is 19.1 Å². The molecule has 0 N–H and O–H groups in total. The van der Waals surface area contributed by atoms with Crippen molar-refractivity contribution in [2.24, 2.45) is 11.8 Å². The molecule has 1 amide bonds. The van der Waals surface area contributed by atoms with Crippen molar-refractivity contribution in [3.05, 3.63) is 0 Å². The van der Waals surface area contributed by atoms with Gasteiger partial charge in [-0.2, -0.15) is 0 Å². The maximum atomic E-state index is 12.6. The fraction of sp³-hybridized carbons (Fsp3) is 0.933. The minimum Gasteiger partial charge on any atom is -0.381 e. The van der Waals surface area contributed by atoms with Gasteiger partial charge in [0, 0.05) is 25.7 Å². The standard InChI is InChI=1S/C15H25NO4/c1-2-18-9-11-3-4-13-14(11)20-8-6-16(13)15(17)12-5-7-19-10-12/h11-14H,2-10H2,1H3/t11-,12-,13+,14+/m0/s1. The zero-order chi connectivity index (χ0) is 13.9. The van der Waals surface area contributed by atoms with Crippen molar-refractivity contribution in [2.45, 2.75) is 38.3 Å². The molecule has 20 heavy (non-hydrogen) atoms. The Labute approximate surface area is 120 Å². The Hall–Kier alpha value is -0.650. The van der Waals surface area contributed by atoms with Gasteiger partial charge >= 0.3 is 0 Å². The third kappa shape index (κ3) is 2.71. The molecule has 2 aliphatic heterocycles. The van der Waals surface area contributed by atoms with E-state index in [-0.39, 0.29) is 24.0 Å². The van der Waals surface area contributed by atoms with Gasteiger partial charge in [-0.15, -0.1) is 0 Å². The summed E-state index contributed by atoms with van der Waals surface area (Å²) >= 11 is 0. The molecule has 3 rings (SSSR count). The number of hydrogen-bond acceptors (Lipinski definition) is 4. The molecule has 5 heteroatoms. The van der Waals surface area contributed by atoms with Crippen molar-refractivity contribution >= 4 is 5.91 Å². The Morgan fingerprint density at radius 3 is 2.95 bits per heavy atom. The van der Waals surface area contributed by atoms with Crippen LogP contribution < -0.4 is 0 Å². The molecule has 3 aliphatic rings. The van der Waals surface area contributed by atoms with Gasteiger partial charge in [-0.25, -0.2) is 0 Å². The van der Waals surface area contributed by atoms with Crippen molar-refractivity contribution in [2.75, 3.05) is 39.6 Å². The van der Waals surface area contributed by atoms with Crippen molar-refractivity contribution in [1.82, 2.24) is 4.90 Å². The summed E-state index contributed by atoms with van der Waals surface area (Å²) in [7, 11) is 0. The average molecular weight is 283 g/mol. The highest BCUT2D eigenvalue weighted by molar-refractivity contribution is 5.79. The Bertz CT molecular complexity index is 343. The quantitative estimate of drug-likeness (QED) is 0.774. The number of carbonyl (C=O) groups excluding carboxylic acids is 1. The first-order valence-corrected chi connectivity index (χ1v) is 7.88. The van der Waals surface area contributed by atoms with Crippen LogP contribution in [0.1, 0.15) is 26.2 Å². The second kappa shape index (κ2) is 6.41. The van der Waals surface area contributed by atoms with Gasteiger partial charge in [0.2, 0.25) is 5.91 Å². The van der Waals surface area contributed by atoms with E-state index >= 15 is 0 Å². The van der Waals surface area contributed by atoms with E-state index in [1.807, 2.05) is 6.92 Å². The van der Waals surface area contributed by atoms with Gasteiger partial charge in [-0.1, -0.05) is 0 Å². The van der Waals surface area contributed by atoms with Crippen LogP contribution in [0.2, 0.25) is 0 Å². The summed E-state index contributed by atoms with van der Waals surface area (Å²) in [6, 6.07) is 0.252. The van der Waals surface area contributed by atoms with Crippen LogP contribution in [0.3, 0.4) is 0 Å². The third-order valence-corrected chi connectivity index (χ3v) is 4.82. The SMILES string of the molecule is CCOC[C@@H]1CC[C@@H]2[C@@H]1OCCN2C(=O)[C@H]1CCOC1. The van der Waals surface area contributed by atoms with Crippen molar-refractivity contribution in [3.63, 3.8) is 0 Å². The largest absolute Gasteiger partial charge is 0.381 e. The first-order valence-electron chi connectivity index (χ1n) is 7.88. The van der Waals surface area contributed by atoms with Gasteiger partial charge in [-0.05, 0) is 26.2 Å². The van der Waals surface area contributed by atoms with E-state index in [1.165, 1.54) is 0 Å². The lowest BCUT2D eigenvalue weighted by atomic mass is 10.0. The van der Waals surface area contributed by atoms with Crippen molar-refractivity contribution in [1.29, 1.82) is 0 Å². The Kier molecular flexibility index (Phi) is 4.58. The lowest BCUT2D eigenvalue weighted by Crippen LogP contribution is -2.54. The summed E-state index contributed by atoms with van der Waals surface area (Å²) < 4.78 is 16.9. The molecule has 1 aliphatic carbocycles. The summed E-state index contributed by atoms with van der Waals surface area (Å²) in [4.78, 5) is 14.7. The van der Waals surface area contributed by atoms with Crippen molar-refractivity contribution < 1.29 is 19.0 Å². The van der Waals surface area contributed by atoms with E-state index in [1.54, 1.807) is 0 Å². The van der Waals surface area contributed by atoms with Crippen LogP contribution in [0.4, 0.5) is 0 Å². The predicted molar refractivity (Wildman–Crippen MR) is 73.4 cm³/mol. The molecule has 2 heterocycles. The first kappa shape index (κ1) is 14.3. The predicted octanol–water partition coefficient (Wildman–Crippen LogP) is 1.07. The van der Waals surface area contributed by atoms with Crippen LogP contribution in [0.25, 0.3) is 0 Å². The number of fused-ring (bicyclic) bond motifs is 1. The minimum absolute atomic E-state index is 0.0692. The smallest absolute Gasteiger partial charge is 0.228 e. The molecule has 0 radical (unpaired) electrons. The molecule has 0 aromatic rings. The third-order valence-electron chi connectivity index (χ3n) is 4.82. The van der Waals surface area contributed by atoms with Gasteiger partial charge in [0.1, 0.15) is 0 Å². The number of morpholine rings is 1. The zero-order valence-corrected chi connectivity index (χ0v) is 12.3. The summed E-state index contributed by atoms with van der Waals surface area (Å²) in [5, 5.41) is 0. The number of rotatable bonds is 4. The van der Waals surface area contributed by atoms with Crippen LogP contribution in [0, 0.1) is 11.8 Å². The van der Waals surface area contributed by atoms with Gasteiger partial charge < -0.3 is 19.1 Å². The van der Waals surface area contributed by atoms with Crippen LogP contribution in [-0.2, 0) is 19.0 Å². The second-order valence-electron chi connectivity index (χ2n) is 5.99. The fourth-order valence-electron chi connectivity index (χ4n) is 3.75. The van der Waals surface area contributed by atoms with Gasteiger partial charge in [0.25, 0.3) is 0 Å². The van der Waals surface area contributed by atoms with E-state index in [9.17, 15) is 4.79 Å². The lowest BCUT2D eigenvalue weighted by molar-refractivity contribution is -0.151. The molecule has 0 spiro atoms. The molecule has 0 unspecified atom stereocenters. The summed E-state index contributed by atoms with van der Waals surface area (Å²) in [6.45, 7) is 6.23. The topological polar surface area (TPSA) is 48.0 Å². The molecular weight excluding hydrogens is 258 g/mol. The van der Waals surface area contributed by atoms with E-state index in [0.717, 1.165) is 45.6 Å². The Morgan fingerprint density at radius 1 is 1.30 bits per heavy atom. The first-order chi connectivity index (χ1) is 9.81. The highest BCUT2D eigenvalue weighted by Crippen LogP contribution is 2.36. The molecule has 0 aromatic carbocycles. The van der Waals surface area contributed by atoms with Crippen LogP contribution in [-0.4, -0.2) is 62.5 Å². The summed E-state index contributed by atoms with van der Waals surface area (Å²) in [5.74, 6) is 0.785. The molecule has 2 saturated heterocycles. The second-order valence-corrected chi connectivity index (χ2v) is 5.99. The van der Waals surface area contributed by atoms with Crippen LogP contribution in [0.15, 0.2) is 0 Å². The van der Waals surface area contributed by atoms with Crippen LogP contribution in [0.5, 0.6) is 0 Å². The number of amides is 1. The highest BCUT2D eigenvalue weighted by atomic mass is 16.5. The number of carbonyl (C=O) groups is 1. The van der Waals surface area contributed by atoms with Gasteiger partial charge in [0.15, 0.2) is 0 Å². The fourth-order valence-corrected chi connectivity index (χ4v) is 3.75. The lowest BCUT2D eigenvalue weighted by Gasteiger charge is -2.40. The molecule has 114 valence electrons. The molecule has 4 atom stereocenters. The number of hydrogen-bond donors (Lipinski definition) is 0. The zero-order valence-electron chi connectivity index (χ0n) is 12.3. The summed E-state index contributed by atoms with van der Waals surface area (Å²) in [5.41, 5.74) is 0. The number of ether oxygens (including phenoxy) is 3. The molecular formula is C15H25NO4.